The molecule has 0 atom stereocenters. The largest absolute Gasteiger partial charge is 0.399 e. The fourth-order valence-electron chi connectivity index (χ4n) is 0.898. The molecule has 0 spiro atoms. The van der Waals surface area contributed by atoms with E-state index in [0.29, 0.717) is 6.61 Å². The van der Waals surface area contributed by atoms with Crippen LogP contribution in [0.5, 0.6) is 0 Å². The van der Waals surface area contributed by atoms with Gasteiger partial charge in [0.25, 0.3) is 0 Å². The van der Waals surface area contributed by atoms with Crippen molar-refractivity contribution >= 4 is 36.2 Å². The van der Waals surface area contributed by atoms with E-state index in [4.69, 9.17) is 10.5 Å². The molecule has 5 heteroatoms. The van der Waals surface area contributed by atoms with E-state index < -0.39 is 0 Å². The van der Waals surface area contributed by atoms with E-state index in [0.717, 1.165) is 17.9 Å². The highest BCUT2D eigenvalue weighted by atomic mass is 35.5. The van der Waals surface area contributed by atoms with Crippen molar-refractivity contribution in [1.29, 1.82) is 0 Å². The zero-order valence-electron chi connectivity index (χ0n) is 8.03. The van der Waals surface area contributed by atoms with Gasteiger partial charge in [0.15, 0.2) is 0 Å². The zero-order chi connectivity index (χ0) is 8.81. The lowest BCUT2D eigenvalue weighted by atomic mass is 10.3. The summed E-state index contributed by atoms with van der Waals surface area (Å²) in [5.41, 5.74) is 7.38. The van der Waals surface area contributed by atoms with Crippen LogP contribution in [-0.4, -0.2) is 20.3 Å². The Bertz CT molecular complexity index is 229. The molecule has 0 saturated carbocycles. The molecule has 0 fully saturated rings. The predicted octanol–water partition coefficient (Wildman–Crippen LogP) is 2.17. The average Bonchev–Trinajstić information content (AvgIpc) is 2.09. The SMILES string of the molecule is COCCNc1ccc(N)cc1.Cl.Cl. The number of rotatable bonds is 4. The van der Waals surface area contributed by atoms with Gasteiger partial charge in [-0.2, -0.15) is 0 Å². The Kier molecular flexibility index (Phi) is 10.1. The van der Waals surface area contributed by atoms with Crippen molar-refractivity contribution in [2.24, 2.45) is 0 Å². The van der Waals surface area contributed by atoms with Crippen LogP contribution in [0.15, 0.2) is 24.3 Å². The van der Waals surface area contributed by atoms with E-state index in [1.165, 1.54) is 0 Å². The molecule has 0 aliphatic rings. The number of halogens is 2. The number of hydrogen-bond acceptors (Lipinski definition) is 3. The number of nitrogens with two attached hydrogens (primary N) is 1. The van der Waals surface area contributed by atoms with Crippen LogP contribution in [0.2, 0.25) is 0 Å². The van der Waals surface area contributed by atoms with Gasteiger partial charge in [0.1, 0.15) is 0 Å². The standard InChI is InChI=1S/C9H14N2O.2ClH/c1-12-7-6-11-9-4-2-8(10)3-5-9;;/h2-5,11H,6-7,10H2,1H3;2*1H. The monoisotopic (exact) mass is 238 g/mol. The third-order valence-electron chi connectivity index (χ3n) is 1.55. The Balaban J connectivity index is 0. The van der Waals surface area contributed by atoms with Gasteiger partial charge in [0, 0.05) is 25.0 Å². The lowest BCUT2D eigenvalue weighted by Gasteiger charge is -2.04. The molecule has 0 heterocycles. The van der Waals surface area contributed by atoms with E-state index >= 15 is 0 Å². The van der Waals surface area contributed by atoms with E-state index in [9.17, 15) is 0 Å². The molecule has 82 valence electrons. The number of anilines is 2. The first-order valence-corrected chi connectivity index (χ1v) is 3.91. The molecular weight excluding hydrogens is 223 g/mol. The molecule has 3 nitrogen and oxygen atoms in total. The second kappa shape index (κ2) is 8.94. The van der Waals surface area contributed by atoms with Crippen LogP contribution in [0.3, 0.4) is 0 Å². The highest BCUT2D eigenvalue weighted by Gasteiger charge is 1.89. The molecule has 0 aliphatic heterocycles. The minimum atomic E-state index is 0. The predicted molar refractivity (Wildman–Crippen MR) is 65.7 cm³/mol. The number of nitrogens with one attached hydrogen (secondary N) is 1. The average molecular weight is 239 g/mol. The van der Waals surface area contributed by atoms with Gasteiger partial charge >= 0.3 is 0 Å². The summed E-state index contributed by atoms with van der Waals surface area (Å²) in [5.74, 6) is 0. The summed E-state index contributed by atoms with van der Waals surface area (Å²) in [6, 6.07) is 7.64. The van der Waals surface area contributed by atoms with Crippen molar-refractivity contribution in [3.63, 3.8) is 0 Å². The van der Waals surface area contributed by atoms with Crippen LogP contribution < -0.4 is 11.1 Å². The van der Waals surface area contributed by atoms with Gasteiger partial charge in [0.05, 0.1) is 6.61 Å². The first kappa shape index (κ1) is 15.8. The lowest BCUT2D eigenvalue weighted by Crippen LogP contribution is -2.07. The molecule has 0 amide bonds. The number of hydrogen-bond donors (Lipinski definition) is 2. The maximum atomic E-state index is 5.53. The van der Waals surface area contributed by atoms with Gasteiger partial charge in [-0.15, -0.1) is 24.8 Å². The molecule has 0 aromatic heterocycles. The first-order valence-electron chi connectivity index (χ1n) is 3.91. The summed E-state index contributed by atoms with van der Waals surface area (Å²) < 4.78 is 4.90. The summed E-state index contributed by atoms with van der Waals surface area (Å²) in [4.78, 5) is 0. The molecule has 0 bridgehead atoms. The van der Waals surface area contributed by atoms with Crippen LogP contribution in [-0.2, 0) is 4.74 Å². The van der Waals surface area contributed by atoms with E-state index in [2.05, 4.69) is 5.32 Å². The third-order valence-corrected chi connectivity index (χ3v) is 1.55. The normalized spacial score (nSPS) is 8.36. The summed E-state index contributed by atoms with van der Waals surface area (Å²) >= 11 is 0. The highest BCUT2D eigenvalue weighted by Crippen LogP contribution is 2.09. The third kappa shape index (κ3) is 5.91. The maximum Gasteiger partial charge on any atom is 0.0635 e. The van der Waals surface area contributed by atoms with E-state index in [1.54, 1.807) is 7.11 Å². The van der Waals surface area contributed by atoms with Crippen molar-refractivity contribution < 1.29 is 4.74 Å². The Morgan fingerprint density at radius 3 is 2.29 bits per heavy atom. The molecular formula is C9H16Cl2N2O. The van der Waals surface area contributed by atoms with Crippen LogP contribution in [0, 0.1) is 0 Å². The van der Waals surface area contributed by atoms with Crippen LogP contribution in [0.4, 0.5) is 11.4 Å². The Labute approximate surface area is 96.8 Å². The van der Waals surface area contributed by atoms with Crippen molar-refractivity contribution in [3.8, 4) is 0 Å². The quantitative estimate of drug-likeness (QED) is 0.625. The Morgan fingerprint density at radius 2 is 1.79 bits per heavy atom. The Morgan fingerprint density at radius 1 is 1.21 bits per heavy atom. The number of benzene rings is 1. The molecule has 0 radical (unpaired) electrons. The fourth-order valence-corrected chi connectivity index (χ4v) is 0.898. The minimum Gasteiger partial charge on any atom is -0.399 e. The molecule has 0 saturated heterocycles. The van der Waals surface area contributed by atoms with Crippen molar-refractivity contribution in [1.82, 2.24) is 0 Å². The number of nitrogen functional groups attached to an aromatic ring is 1. The zero-order valence-corrected chi connectivity index (χ0v) is 9.66. The van der Waals surface area contributed by atoms with Crippen molar-refractivity contribution in [2.45, 2.75) is 0 Å². The second-order valence-electron chi connectivity index (χ2n) is 2.54. The van der Waals surface area contributed by atoms with Gasteiger partial charge in [-0.3, -0.25) is 0 Å². The van der Waals surface area contributed by atoms with Crippen molar-refractivity contribution in [3.05, 3.63) is 24.3 Å². The van der Waals surface area contributed by atoms with Crippen LogP contribution >= 0.6 is 24.8 Å². The minimum absolute atomic E-state index is 0. The molecule has 1 aromatic carbocycles. The number of ether oxygens (including phenoxy) is 1. The molecule has 0 aliphatic carbocycles. The lowest BCUT2D eigenvalue weighted by molar-refractivity contribution is 0.211. The van der Waals surface area contributed by atoms with E-state index in [-0.39, 0.29) is 24.8 Å². The summed E-state index contributed by atoms with van der Waals surface area (Å²) in [7, 11) is 1.69. The molecule has 14 heavy (non-hydrogen) atoms. The summed E-state index contributed by atoms with van der Waals surface area (Å²) in [6.45, 7) is 1.53. The summed E-state index contributed by atoms with van der Waals surface area (Å²) in [6.07, 6.45) is 0. The van der Waals surface area contributed by atoms with Gasteiger partial charge in [0.2, 0.25) is 0 Å². The number of methoxy groups -OCH3 is 1. The fraction of sp³-hybridized carbons (Fsp3) is 0.333. The van der Waals surface area contributed by atoms with Gasteiger partial charge in [-0.1, -0.05) is 0 Å². The molecule has 0 unspecified atom stereocenters. The van der Waals surface area contributed by atoms with Gasteiger partial charge in [-0.05, 0) is 24.3 Å². The smallest absolute Gasteiger partial charge is 0.0635 e. The molecule has 1 rings (SSSR count). The topological polar surface area (TPSA) is 47.3 Å². The van der Waals surface area contributed by atoms with Crippen molar-refractivity contribution in [2.75, 3.05) is 31.3 Å². The molecule has 1 aromatic rings. The van der Waals surface area contributed by atoms with Crippen LogP contribution in [0.1, 0.15) is 0 Å². The Hall–Kier alpha value is -0.640. The first-order chi connectivity index (χ1) is 5.83. The molecule has 3 N–H and O–H groups in total. The highest BCUT2D eigenvalue weighted by molar-refractivity contribution is 5.85. The van der Waals surface area contributed by atoms with Crippen LogP contribution in [0.25, 0.3) is 0 Å². The van der Waals surface area contributed by atoms with Gasteiger partial charge < -0.3 is 15.8 Å². The van der Waals surface area contributed by atoms with E-state index in [1.807, 2.05) is 24.3 Å². The maximum absolute atomic E-state index is 5.53. The second-order valence-corrected chi connectivity index (χ2v) is 2.54. The van der Waals surface area contributed by atoms with Gasteiger partial charge in [-0.25, -0.2) is 0 Å². The summed E-state index contributed by atoms with van der Waals surface area (Å²) in [5, 5.41) is 3.19.